The third kappa shape index (κ3) is 9.59. The minimum atomic E-state index is -1.37. The second kappa shape index (κ2) is 20.2. The number of nitrogen functional groups attached to an aromatic ring is 1. The first-order valence-electron chi connectivity index (χ1n) is 19.1. The van der Waals surface area contributed by atoms with Gasteiger partial charge in [0.15, 0.2) is 33.2 Å². The average Bonchev–Trinajstić information content (AvgIpc) is 4.18. The molecular formula is C38H32N10O13S6. The van der Waals surface area contributed by atoms with Gasteiger partial charge in [-0.3, -0.25) is 48.7 Å². The lowest BCUT2D eigenvalue weighted by Gasteiger charge is -2.50. The normalized spacial score (nSPS) is 20.3. The Balaban J connectivity index is 0.960. The molecule has 23 nitrogen and oxygen atoms in total. The minimum Gasteiger partial charge on any atom is -0.477 e. The van der Waals surface area contributed by atoms with Gasteiger partial charge in [-0.25, -0.2) is 14.8 Å². The van der Waals surface area contributed by atoms with E-state index in [4.69, 9.17) is 24.2 Å². The quantitative estimate of drug-likeness (QED) is 0.0575. The van der Waals surface area contributed by atoms with Crippen molar-refractivity contribution in [2.24, 2.45) is 10.3 Å². The monoisotopic (exact) mass is 1030 g/mol. The fraction of sp³-hybridized carbons (Fsp3) is 0.263. The molecule has 2 fully saturated rings. The molecule has 0 saturated carbocycles. The van der Waals surface area contributed by atoms with Crippen LogP contribution in [0.5, 0.6) is 0 Å². The van der Waals surface area contributed by atoms with Crippen LogP contribution in [0.25, 0.3) is 0 Å². The molecular weight excluding hydrogens is 997 g/mol. The number of nitrogens with one attached hydrogen (secondary N) is 3. The Bertz CT molecular complexity index is 2800. The Morgan fingerprint density at radius 3 is 1.75 bits per heavy atom. The van der Waals surface area contributed by atoms with Crippen molar-refractivity contribution in [3.63, 3.8) is 0 Å². The van der Waals surface area contributed by atoms with Crippen molar-refractivity contribution in [3.05, 3.63) is 93.0 Å². The Morgan fingerprint density at radius 2 is 1.28 bits per heavy atom. The predicted octanol–water partition coefficient (Wildman–Crippen LogP) is 2.25. The van der Waals surface area contributed by atoms with E-state index in [1.807, 2.05) is 0 Å². The average molecular weight is 1030 g/mol. The molecule has 348 valence electrons. The number of fused-ring (bicyclic) bond motifs is 2. The van der Waals surface area contributed by atoms with Crippen LogP contribution in [0.3, 0.4) is 0 Å². The summed E-state index contributed by atoms with van der Waals surface area (Å²) in [6, 6.07) is 3.80. The van der Waals surface area contributed by atoms with E-state index in [-0.39, 0.29) is 79.0 Å². The standard InChI is InChI=1S/C38H32N10O13S6/c1-58-45-21(17-13-66-37(39)40-17)27(49)42-23-30(52)47-25(15(9-62-32(23)47)11-64-35(56)19-5-3-7-60-19)29(51)44-38-41-18(14-67-38)22(46-59-2)28(50)43-24-31(53)48-26(34(54)55)16(10-63-33(24)48)12-65-36(57)20-6-4-8-61-20/h3-8,13-14,23-24,32-33H,9-12H2,1-2H3,(H2,39,40)(H,42,49)(H,43,50)(H,54,55)(H,41,44,51)/b45-21-,46-22-/t23-,24-,32-,33-/m1/s1. The molecule has 6 N–H and O–H groups in total. The number of nitrogens with two attached hydrogens (primary N) is 1. The molecule has 67 heavy (non-hydrogen) atoms. The zero-order chi connectivity index (χ0) is 47.5. The highest BCUT2D eigenvalue weighted by molar-refractivity contribution is 8.14. The van der Waals surface area contributed by atoms with Crippen LogP contribution >= 0.6 is 69.7 Å². The Morgan fingerprint density at radius 1 is 0.791 bits per heavy atom. The van der Waals surface area contributed by atoms with Gasteiger partial charge in [0.05, 0.1) is 12.5 Å². The van der Waals surface area contributed by atoms with Gasteiger partial charge in [-0.1, -0.05) is 33.8 Å². The fourth-order valence-corrected chi connectivity index (χ4v) is 12.6. The molecule has 0 aromatic carbocycles. The summed E-state index contributed by atoms with van der Waals surface area (Å²) in [4.78, 5) is 127. The first kappa shape index (κ1) is 47.1. The van der Waals surface area contributed by atoms with Crippen LogP contribution in [0.15, 0.2) is 89.2 Å². The number of aliphatic carboxylic acids is 1. The number of thioether (sulfide) groups is 4. The van der Waals surface area contributed by atoms with Crippen molar-refractivity contribution in [1.82, 2.24) is 30.4 Å². The molecule has 0 radical (unpaired) electrons. The molecule has 5 amide bonds. The van der Waals surface area contributed by atoms with Crippen molar-refractivity contribution in [3.8, 4) is 0 Å². The Labute approximate surface area is 401 Å². The van der Waals surface area contributed by atoms with Crippen LogP contribution in [0.1, 0.15) is 32.5 Å². The topological polar surface area (TPSA) is 321 Å². The van der Waals surface area contributed by atoms with Crippen molar-refractivity contribution in [2.45, 2.75) is 22.8 Å². The highest BCUT2D eigenvalue weighted by atomic mass is 32.2. The van der Waals surface area contributed by atoms with Gasteiger partial charge >= 0.3 is 5.97 Å². The number of hydrogen-bond donors (Lipinski definition) is 5. The number of thiazole rings is 2. The minimum absolute atomic E-state index is 0.0125. The van der Waals surface area contributed by atoms with Gasteiger partial charge in [-0.2, -0.15) is 0 Å². The molecule has 8 heterocycles. The van der Waals surface area contributed by atoms with Crippen molar-refractivity contribution >= 4 is 137 Å². The molecule has 0 aliphatic carbocycles. The smallest absolute Gasteiger partial charge is 0.352 e. The van der Waals surface area contributed by atoms with E-state index in [1.54, 1.807) is 12.1 Å². The van der Waals surface area contributed by atoms with E-state index >= 15 is 0 Å². The van der Waals surface area contributed by atoms with E-state index in [9.17, 15) is 43.5 Å². The number of β-lactam (4-membered cyclic amide) rings is 2. The number of rotatable bonds is 17. The fourth-order valence-electron chi connectivity index (χ4n) is 6.84. The summed E-state index contributed by atoms with van der Waals surface area (Å²) in [6.07, 6.45) is 2.69. The Hall–Kier alpha value is -6.40. The molecule has 4 aliphatic heterocycles. The second-order valence-electron chi connectivity index (χ2n) is 13.8. The first-order chi connectivity index (χ1) is 32.3. The molecule has 29 heteroatoms. The van der Waals surface area contributed by atoms with Crippen molar-refractivity contribution in [1.29, 1.82) is 0 Å². The number of amides is 5. The lowest BCUT2D eigenvalue weighted by Crippen LogP contribution is -2.71. The van der Waals surface area contributed by atoms with Crippen LogP contribution in [0.2, 0.25) is 0 Å². The van der Waals surface area contributed by atoms with Crippen molar-refractivity contribution < 1.29 is 62.0 Å². The van der Waals surface area contributed by atoms with E-state index < -0.39 is 68.6 Å². The van der Waals surface area contributed by atoms with Crippen LogP contribution < -0.4 is 21.7 Å². The molecule has 4 aromatic heterocycles. The van der Waals surface area contributed by atoms with E-state index in [1.165, 1.54) is 78.1 Å². The first-order valence-corrected chi connectivity index (χ1v) is 24.9. The largest absolute Gasteiger partial charge is 0.477 e. The van der Waals surface area contributed by atoms with Gasteiger partial charge in [-0.05, 0) is 35.4 Å². The summed E-state index contributed by atoms with van der Waals surface area (Å²) in [5.74, 6) is -4.73. The zero-order valence-electron chi connectivity index (χ0n) is 34.3. The summed E-state index contributed by atoms with van der Waals surface area (Å²) in [5, 5.41) is 26.2. The number of carboxylic acid groups (broad SMARTS) is 1. The van der Waals surface area contributed by atoms with Crippen LogP contribution in [-0.2, 0) is 38.4 Å². The molecule has 0 bridgehead atoms. The third-order valence-corrected chi connectivity index (χ3v) is 15.8. The molecule has 0 unspecified atom stereocenters. The number of hydrogen-bond acceptors (Lipinski definition) is 23. The number of carbonyl (C=O) groups is 8. The molecule has 2 saturated heterocycles. The molecule has 4 atom stereocenters. The summed E-state index contributed by atoms with van der Waals surface area (Å²) >= 11 is 6.10. The number of carboxylic acids is 1. The second-order valence-corrected chi connectivity index (χ2v) is 19.7. The molecule has 4 aliphatic rings. The van der Waals surface area contributed by atoms with Crippen molar-refractivity contribution in [2.75, 3.05) is 48.3 Å². The molecule has 0 spiro atoms. The lowest BCUT2D eigenvalue weighted by atomic mass is 10.0. The predicted molar refractivity (Wildman–Crippen MR) is 247 cm³/mol. The SMILES string of the molecule is CO/N=C(\C(=O)N[C@@H]1C(=O)N2C(C(=O)O)=C(CSC(=O)c3ccco3)CS[C@H]12)c1csc(NC(=O)C2=C(CSC(=O)c3ccco3)CS[C@@H]3[C@H](NC(=O)/C(=N\OC)c4csc(N)n4)C(=O)N23)n1. The molecule has 8 rings (SSSR count). The summed E-state index contributed by atoms with van der Waals surface area (Å²) < 4.78 is 10.3. The number of furan rings is 2. The summed E-state index contributed by atoms with van der Waals surface area (Å²) in [7, 11) is 2.41. The van der Waals surface area contributed by atoms with Gasteiger partial charge < -0.3 is 40.0 Å². The van der Waals surface area contributed by atoms with Crippen LogP contribution in [0, 0.1) is 0 Å². The Kier molecular flexibility index (Phi) is 14.2. The van der Waals surface area contributed by atoms with Crippen LogP contribution in [-0.4, -0.2) is 142 Å². The zero-order valence-corrected chi connectivity index (χ0v) is 39.2. The number of oxime groups is 2. The van der Waals surface area contributed by atoms with E-state index in [0.29, 0.717) is 11.1 Å². The van der Waals surface area contributed by atoms with Gasteiger partial charge in [0.25, 0.3) is 39.8 Å². The van der Waals surface area contributed by atoms with E-state index in [2.05, 4.69) is 36.2 Å². The third-order valence-electron chi connectivity index (χ3n) is 9.81. The maximum Gasteiger partial charge on any atom is 0.352 e. The van der Waals surface area contributed by atoms with Gasteiger partial charge in [0.1, 0.15) is 59.8 Å². The lowest BCUT2D eigenvalue weighted by molar-refractivity contribution is -0.150. The highest BCUT2D eigenvalue weighted by Crippen LogP contribution is 2.43. The number of nitrogens with zero attached hydrogens (tertiary/aromatic N) is 6. The van der Waals surface area contributed by atoms with Gasteiger partial charge in [0.2, 0.25) is 0 Å². The van der Waals surface area contributed by atoms with E-state index in [0.717, 1.165) is 51.1 Å². The summed E-state index contributed by atoms with van der Waals surface area (Å²) in [6.45, 7) is 0. The molecule has 4 aromatic rings. The van der Waals surface area contributed by atoms with Gasteiger partial charge in [-0.15, -0.1) is 46.2 Å². The van der Waals surface area contributed by atoms with Gasteiger partial charge in [0, 0.05) is 33.8 Å². The number of carbonyl (C=O) groups excluding carboxylic acids is 7. The van der Waals surface area contributed by atoms with Crippen LogP contribution in [0.4, 0.5) is 10.3 Å². The number of anilines is 2. The maximum atomic E-state index is 14.2. The summed E-state index contributed by atoms with van der Waals surface area (Å²) in [5.41, 5.74) is 5.57. The maximum absolute atomic E-state index is 14.2. The highest BCUT2D eigenvalue weighted by Gasteiger charge is 2.56. The number of aromatic nitrogens is 2.